The Labute approximate surface area is 183 Å². The first-order chi connectivity index (χ1) is 14.8. The molecular weight excluding hydrogens is 452 g/mol. The maximum atomic E-state index is 14.7. The summed E-state index contributed by atoms with van der Waals surface area (Å²) in [6.45, 7) is 3.01. The summed E-state index contributed by atoms with van der Waals surface area (Å²) in [5.41, 5.74) is 4.58. The lowest BCUT2D eigenvalue weighted by molar-refractivity contribution is -0.209. The maximum Gasteiger partial charge on any atom is 0.421 e. The van der Waals surface area contributed by atoms with Gasteiger partial charge in [0.25, 0.3) is 5.91 Å². The van der Waals surface area contributed by atoms with Gasteiger partial charge in [0, 0.05) is 16.6 Å². The molecular formula is C20H18F4N4O3S. The Balaban J connectivity index is 1.98. The van der Waals surface area contributed by atoms with Crippen LogP contribution < -0.4 is 11.1 Å². The first kappa shape index (κ1) is 23.6. The molecule has 0 aliphatic heterocycles. The van der Waals surface area contributed by atoms with Crippen LogP contribution in [-0.2, 0) is 5.60 Å². The molecule has 12 heteroatoms. The third-order valence-corrected chi connectivity index (χ3v) is 5.49. The van der Waals surface area contributed by atoms with Crippen LogP contribution in [0.1, 0.15) is 41.7 Å². The molecule has 1 aromatic carbocycles. The van der Waals surface area contributed by atoms with Crippen molar-refractivity contribution in [3.05, 3.63) is 59.3 Å². The molecule has 0 radical (unpaired) electrons. The van der Waals surface area contributed by atoms with Crippen LogP contribution in [-0.4, -0.2) is 32.3 Å². The molecule has 0 fully saturated rings. The van der Waals surface area contributed by atoms with Gasteiger partial charge in [-0.05, 0) is 37.6 Å². The monoisotopic (exact) mass is 470 g/mol. The highest BCUT2D eigenvalue weighted by molar-refractivity contribution is 7.19. The zero-order valence-corrected chi connectivity index (χ0v) is 17.6. The Morgan fingerprint density at radius 3 is 2.47 bits per heavy atom. The summed E-state index contributed by atoms with van der Waals surface area (Å²) >= 11 is 0.924. The summed E-state index contributed by atoms with van der Waals surface area (Å²) in [5, 5.41) is 22.2. The van der Waals surface area contributed by atoms with Crippen molar-refractivity contribution in [2.75, 3.05) is 5.32 Å². The first-order valence-corrected chi connectivity index (χ1v) is 9.90. The molecule has 1 atom stereocenters. The summed E-state index contributed by atoms with van der Waals surface area (Å²) < 4.78 is 52.9. The van der Waals surface area contributed by atoms with E-state index in [1.54, 1.807) is 0 Å². The van der Waals surface area contributed by atoms with Gasteiger partial charge < -0.3 is 21.3 Å². The molecule has 0 bridgehead atoms. The lowest BCUT2D eigenvalue weighted by Crippen LogP contribution is -2.22. The summed E-state index contributed by atoms with van der Waals surface area (Å²) in [6, 6.07) is 6.71. The SMILES string of the molecule is CC(C)(O)c1ccc(-c2cc(C(N)=O)c(Nc3ccnc(C(O)C(F)(F)F)n3)s2)c(F)c1. The number of hydrogen-bond acceptors (Lipinski definition) is 7. The van der Waals surface area contributed by atoms with Gasteiger partial charge in [-0.15, -0.1) is 11.3 Å². The molecule has 2 heterocycles. The Morgan fingerprint density at radius 2 is 1.91 bits per heavy atom. The first-order valence-electron chi connectivity index (χ1n) is 9.08. The van der Waals surface area contributed by atoms with Crippen LogP contribution in [0.5, 0.6) is 0 Å². The van der Waals surface area contributed by atoms with Crippen LogP contribution >= 0.6 is 11.3 Å². The number of thiophene rings is 1. The quantitative estimate of drug-likeness (QED) is 0.404. The van der Waals surface area contributed by atoms with Gasteiger partial charge in [-0.2, -0.15) is 13.2 Å². The topological polar surface area (TPSA) is 121 Å². The Morgan fingerprint density at radius 1 is 1.22 bits per heavy atom. The van der Waals surface area contributed by atoms with Gasteiger partial charge in [-0.1, -0.05) is 12.1 Å². The summed E-state index contributed by atoms with van der Waals surface area (Å²) in [7, 11) is 0. The average Bonchev–Trinajstić information content (AvgIpc) is 3.09. The van der Waals surface area contributed by atoms with Gasteiger partial charge in [-0.3, -0.25) is 4.79 Å². The number of hydrogen-bond donors (Lipinski definition) is 4. The molecule has 0 saturated heterocycles. The Hall–Kier alpha value is -3.09. The number of primary amides is 1. The van der Waals surface area contributed by atoms with Crippen LogP contribution in [0.3, 0.4) is 0 Å². The van der Waals surface area contributed by atoms with Crippen LogP contribution in [0.25, 0.3) is 10.4 Å². The third-order valence-electron chi connectivity index (χ3n) is 4.41. The van der Waals surface area contributed by atoms with Crippen LogP contribution in [0, 0.1) is 5.82 Å². The van der Waals surface area contributed by atoms with E-state index in [1.807, 2.05) is 0 Å². The maximum absolute atomic E-state index is 14.7. The van der Waals surface area contributed by atoms with Gasteiger partial charge >= 0.3 is 6.18 Å². The van der Waals surface area contributed by atoms with Crippen molar-refractivity contribution in [1.29, 1.82) is 0 Å². The van der Waals surface area contributed by atoms with Gasteiger partial charge in [0.1, 0.15) is 16.6 Å². The van der Waals surface area contributed by atoms with Gasteiger partial charge in [0.15, 0.2) is 5.82 Å². The molecule has 1 unspecified atom stereocenters. The van der Waals surface area contributed by atoms with Crippen molar-refractivity contribution in [3.8, 4) is 10.4 Å². The van der Waals surface area contributed by atoms with E-state index in [0.29, 0.717) is 10.4 Å². The van der Waals surface area contributed by atoms with Gasteiger partial charge in [0.2, 0.25) is 6.10 Å². The molecule has 170 valence electrons. The molecule has 0 aliphatic rings. The molecule has 5 N–H and O–H groups in total. The van der Waals surface area contributed by atoms with E-state index in [1.165, 1.54) is 44.2 Å². The minimum atomic E-state index is -4.96. The second kappa shape index (κ2) is 8.45. The summed E-state index contributed by atoms with van der Waals surface area (Å²) in [6.07, 6.45) is -6.84. The van der Waals surface area contributed by atoms with E-state index in [4.69, 9.17) is 5.73 Å². The highest BCUT2D eigenvalue weighted by atomic mass is 32.1. The fourth-order valence-corrected chi connectivity index (χ4v) is 3.83. The highest BCUT2D eigenvalue weighted by Gasteiger charge is 2.41. The van der Waals surface area contributed by atoms with E-state index in [9.17, 15) is 32.6 Å². The number of halogens is 4. The zero-order chi connectivity index (χ0) is 23.8. The van der Waals surface area contributed by atoms with Crippen molar-refractivity contribution in [3.63, 3.8) is 0 Å². The molecule has 0 spiro atoms. The van der Waals surface area contributed by atoms with Crippen molar-refractivity contribution >= 4 is 28.1 Å². The number of benzene rings is 1. The number of rotatable bonds is 6. The smallest absolute Gasteiger partial charge is 0.386 e. The van der Waals surface area contributed by atoms with Crippen LogP contribution in [0.4, 0.5) is 28.4 Å². The van der Waals surface area contributed by atoms with E-state index in [-0.39, 0.29) is 21.9 Å². The number of nitrogens with zero attached hydrogens (tertiary/aromatic N) is 2. The number of carbonyl (C=O) groups is 1. The molecule has 3 aromatic rings. The van der Waals surface area contributed by atoms with E-state index < -0.39 is 35.4 Å². The minimum Gasteiger partial charge on any atom is -0.386 e. The number of nitrogens with two attached hydrogens (primary N) is 1. The molecule has 3 rings (SSSR count). The highest BCUT2D eigenvalue weighted by Crippen LogP contribution is 2.39. The second-order valence-electron chi connectivity index (χ2n) is 7.34. The molecule has 0 saturated carbocycles. The number of aromatic nitrogens is 2. The second-order valence-corrected chi connectivity index (χ2v) is 8.39. The third kappa shape index (κ3) is 5.03. The van der Waals surface area contributed by atoms with Gasteiger partial charge in [-0.25, -0.2) is 14.4 Å². The number of carbonyl (C=O) groups excluding carboxylic acids is 1. The molecule has 0 aliphatic carbocycles. The number of amides is 1. The number of nitrogens with one attached hydrogen (secondary N) is 1. The number of aliphatic hydroxyl groups excluding tert-OH is 1. The largest absolute Gasteiger partial charge is 0.421 e. The normalized spacial score (nSPS) is 13.1. The van der Waals surface area contributed by atoms with Crippen LogP contribution in [0.15, 0.2) is 36.5 Å². The Kier molecular flexibility index (Phi) is 6.22. The standard InChI is InChI=1S/C20H18F4N4O3S/c1-19(2,31)9-3-4-10(12(21)7-9)13-8-11(16(25)30)18(32-13)28-14-5-6-26-17(27-14)15(29)20(22,23)24/h3-8,15,29,31H,1-2H3,(H2,25,30)(H,26,27,28). The minimum absolute atomic E-state index is 0.0347. The average molecular weight is 470 g/mol. The molecule has 7 nitrogen and oxygen atoms in total. The van der Waals surface area contributed by atoms with E-state index in [0.717, 1.165) is 17.5 Å². The van der Waals surface area contributed by atoms with Crippen LogP contribution in [0.2, 0.25) is 0 Å². The van der Waals surface area contributed by atoms with Crippen molar-refractivity contribution < 1.29 is 32.6 Å². The lowest BCUT2D eigenvalue weighted by Gasteiger charge is -2.18. The summed E-state index contributed by atoms with van der Waals surface area (Å²) in [4.78, 5) is 19.2. The fraction of sp³-hybridized carbons (Fsp3) is 0.250. The zero-order valence-electron chi connectivity index (χ0n) is 16.7. The molecule has 1 amide bonds. The predicted molar refractivity (Wildman–Crippen MR) is 110 cm³/mol. The number of anilines is 2. The Bertz CT molecular complexity index is 1160. The van der Waals surface area contributed by atoms with E-state index in [2.05, 4.69) is 15.3 Å². The fourth-order valence-electron chi connectivity index (χ4n) is 2.73. The van der Waals surface area contributed by atoms with Gasteiger partial charge in [0.05, 0.1) is 11.2 Å². The van der Waals surface area contributed by atoms with Crippen molar-refractivity contribution in [2.45, 2.75) is 31.7 Å². The number of aliphatic hydroxyl groups is 2. The predicted octanol–water partition coefficient (Wildman–Crippen LogP) is 4.01. The molecule has 32 heavy (non-hydrogen) atoms. The number of alkyl halides is 3. The lowest BCUT2D eigenvalue weighted by atomic mass is 9.96. The molecule has 2 aromatic heterocycles. The van der Waals surface area contributed by atoms with E-state index >= 15 is 0 Å². The van der Waals surface area contributed by atoms with Crippen molar-refractivity contribution in [2.24, 2.45) is 5.73 Å². The van der Waals surface area contributed by atoms with Crippen molar-refractivity contribution in [1.82, 2.24) is 9.97 Å². The summed E-state index contributed by atoms with van der Waals surface area (Å²) in [5.74, 6) is -2.51.